The normalized spacial score (nSPS) is 32.8. The van der Waals surface area contributed by atoms with E-state index in [0.29, 0.717) is 6.61 Å². The van der Waals surface area contributed by atoms with Gasteiger partial charge >= 0.3 is 0 Å². The molecule has 2 aliphatic rings. The zero-order valence-corrected chi connectivity index (χ0v) is 12.8. The Morgan fingerprint density at radius 3 is 2.85 bits per heavy atom. The van der Waals surface area contributed by atoms with Gasteiger partial charge in [-0.2, -0.15) is 0 Å². The Morgan fingerprint density at radius 2 is 2.10 bits per heavy atom. The molecule has 2 fully saturated rings. The number of fused-ring (bicyclic) bond motifs is 1. The molecule has 0 amide bonds. The van der Waals surface area contributed by atoms with Crippen LogP contribution in [0.5, 0.6) is 0 Å². The molecule has 1 saturated heterocycles. The maximum atomic E-state index is 12.4. The number of benzene rings is 1. The van der Waals surface area contributed by atoms with Crippen LogP contribution in [0, 0.1) is 5.92 Å². The summed E-state index contributed by atoms with van der Waals surface area (Å²) in [5.74, 6) is 0.234. The summed E-state index contributed by atoms with van der Waals surface area (Å²) < 4.78 is 32.8. The molecular weight excluding hydrogens is 323 g/mol. The van der Waals surface area contributed by atoms with Gasteiger partial charge < -0.3 is 10.5 Å². The van der Waals surface area contributed by atoms with Crippen LogP contribution < -0.4 is 10.5 Å². The molecular formula is C12H14Cl2N2O3S. The molecule has 1 aliphatic heterocycles. The SMILES string of the molecule is NC1C2CCOC2C1NS(=O)(=O)c1cccc(Cl)c1Cl. The Kier molecular flexibility index (Phi) is 3.73. The molecule has 8 heteroatoms. The van der Waals surface area contributed by atoms with Gasteiger partial charge in [-0.3, -0.25) is 0 Å². The summed E-state index contributed by atoms with van der Waals surface area (Å²) in [7, 11) is -3.77. The van der Waals surface area contributed by atoms with Gasteiger partial charge in [0.25, 0.3) is 0 Å². The average Bonchev–Trinajstić information content (AvgIpc) is 2.84. The molecule has 0 spiro atoms. The van der Waals surface area contributed by atoms with Crippen LogP contribution in [0.25, 0.3) is 0 Å². The van der Waals surface area contributed by atoms with Gasteiger partial charge in [0.15, 0.2) is 0 Å². The number of rotatable bonds is 3. The van der Waals surface area contributed by atoms with E-state index in [9.17, 15) is 8.42 Å². The smallest absolute Gasteiger partial charge is 0.242 e. The van der Waals surface area contributed by atoms with Gasteiger partial charge in [-0.05, 0) is 18.6 Å². The number of halogens is 2. The van der Waals surface area contributed by atoms with Gasteiger partial charge in [0.2, 0.25) is 10.0 Å². The van der Waals surface area contributed by atoms with Gasteiger partial charge in [-0.15, -0.1) is 0 Å². The van der Waals surface area contributed by atoms with E-state index in [-0.39, 0.29) is 33.0 Å². The molecule has 1 heterocycles. The quantitative estimate of drug-likeness (QED) is 0.873. The van der Waals surface area contributed by atoms with Crippen LogP contribution in [-0.2, 0) is 14.8 Å². The molecule has 0 aromatic heterocycles. The second-order valence-corrected chi connectivity index (χ2v) is 7.53. The molecule has 0 radical (unpaired) electrons. The van der Waals surface area contributed by atoms with Gasteiger partial charge in [-0.1, -0.05) is 29.3 Å². The van der Waals surface area contributed by atoms with Gasteiger partial charge in [-0.25, -0.2) is 13.1 Å². The highest BCUT2D eigenvalue weighted by Gasteiger charge is 2.53. The predicted molar refractivity (Wildman–Crippen MR) is 76.4 cm³/mol. The Labute approximate surface area is 127 Å². The molecule has 4 atom stereocenters. The van der Waals surface area contributed by atoms with E-state index in [1.807, 2.05) is 0 Å². The van der Waals surface area contributed by atoms with E-state index in [2.05, 4.69) is 4.72 Å². The van der Waals surface area contributed by atoms with Crippen LogP contribution in [0.2, 0.25) is 10.0 Å². The summed E-state index contributed by atoms with van der Waals surface area (Å²) in [5.41, 5.74) is 6.00. The highest BCUT2D eigenvalue weighted by Crippen LogP contribution is 2.39. The van der Waals surface area contributed by atoms with Crippen molar-refractivity contribution in [2.24, 2.45) is 11.7 Å². The van der Waals surface area contributed by atoms with Crippen molar-refractivity contribution in [3.8, 4) is 0 Å². The van der Waals surface area contributed by atoms with Crippen molar-refractivity contribution in [1.29, 1.82) is 0 Å². The van der Waals surface area contributed by atoms with Crippen molar-refractivity contribution in [2.75, 3.05) is 6.61 Å². The second kappa shape index (κ2) is 5.12. The highest BCUT2D eigenvalue weighted by molar-refractivity contribution is 7.89. The average molecular weight is 337 g/mol. The summed E-state index contributed by atoms with van der Waals surface area (Å²) in [6, 6.07) is 3.85. The number of sulfonamides is 1. The molecule has 3 N–H and O–H groups in total. The van der Waals surface area contributed by atoms with Gasteiger partial charge in [0.1, 0.15) is 4.90 Å². The van der Waals surface area contributed by atoms with Crippen LogP contribution >= 0.6 is 23.2 Å². The third-order valence-corrected chi connectivity index (χ3v) is 6.38. The molecule has 20 heavy (non-hydrogen) atoms. The zero-order chi connectivity index (χ0) is 14.5. The molecule has 5 nitrogen and oxygen atoms in total. The van der Waals surface area contributed by atoms with E-state index in [0.717, 1.165) is 6.42 Å². The third-order valence-electron chi connectivity index (χ3n) is 3.94. The maximum absolute atomic E-state index is 12.4. The molecule has 1 aromatic rings. The first-order valence-corrected chi connectivity index (χ1v) is 8.49. The minimum Gasteiger partial charge on any atom is -0.376 e. The van der Waals surface area contributed by atoms with Gasteiger partial charge in [0.05, 0.1) is 22.2 Å². The molecule has 1 aromatic carbocycles. The van der Waals surface area contributed by atoms with Crippen molar-refractivity contribution >= 4 is 33.2 Å². The topological polar surface area (TPSA) is 81.4 Å². The Morgan fingerprint density at radius 1 is 1.35 bits per heavy atom. The lowest BCUT2D eigenvalue weighted by atomic mass is 9.73. The van der Waals surface area contributed by atoms with Crippen molar-refractivity contribution in [1.82, 2.24) is 4.72 Å². The van der Waals surface area contributed by atoms with Crippen LogP contribution in [0.3, 0.4) is 0 Å². The first kappa shape index (κ1) is 14.6. The van der Waals surface area contributed by atoms with Crippen molar-refractivity contribution < 1.29 is 13.2 Å². The summed E-state index contributed by atoms with van der Waals surface area (Å²) in [4.78, 5) is -0.0414. The molecule has 4 unspecified atom stereocenters. The summed E-state index contributed by atoms with van der Waals surface area (Å²) >= 11 is 11.8. The van der Waals surface area contributed by atoms with Gasteiger partial charge in [0, 0.05) is 18.6 Å². The summed E-state index contributed by atoms with van der Waals surface area (Å²) in [5, 5.41) is 0.209. The van der Waals surface area contributed by atoms with Crippen LogP contribution in [0.1, 0.15) is 6.42 Å². The van der Waals surface area contributed by atoms with Crippen LogP contribution in [0.4, 0.5) is 0 Å². The monoisotopic (exact) mass is 336 g/mol. The number of hydrogen-bond donors (Lipinski definition) is 2. The van der Waals surface area contributed by atoms with E-state index >= 15 is 0 Å². The van der Waals surface area contributed by atoms with Crippen LogP contribution in [-0.4, -0.2) is 33.2 Å². The van der Waals surface area contributed by atoms with Crippen molar-refractivity contribution in [3.63, 3.8) is 0 Å². The Balaban J connectivity index is 1.84. The van der Waals surface area contributed by atoms with E-state index in [4.69, 9.17) is 33.7 Å². The first-order chi connectivity index (χ1) is 9.42. The van der Waals surface area contributed by atoms with E-state index < -0.39 is 16.1 Å². The minimum atomic E-state index is -3.77. The van der Waals surface area contributed by atoms with E-state index in [1.165, 1.54) is 12.1 Å². The fourth-order valence-corrected chi connectivity index (χ4v) is 4.87. The lowest BCUT2D eigenvalue weighted by Crippen LogP contribution is -2.68. The number of nitrogens with one attached hydrogen (secondary N) is 1. The largest absolute Gasteiger partial charge is 0.376 e. The molecule has 1 saturated carbocycles. The van der Waals surface area contributed by atoms with Crippen molar-refractivity contribution in [3.05, 3.63) is 28.2 Å². The standard InChI is InChI=1S/C12H14Cl2N2O3S/c13-7-2-1-3-8(9(7)14)20(17,18)16-11-10(15)6-4-5-19-12(6)11/h1-3,6,10-12,16H,4-5,15H2. The summed E-state index contributed by atoms with van der Waals surface area (Å²) in [6.45, 7) is 0.624. The predicted octanol–water partition coefficient (Wildman–Crippen LogP) is 1.39. The number of nitrogens with two attached hydrogens (primary N) is 1. The lowest BCUT2D eigenvalue weighted by Gasteiger charge is -2.45. The summed E-state index contributed by atoms with van der Waals surface area (Å²) in [6.07, 6.45) is 0.736. The fourth-order valence-electron chi connectivity index (χ4n) is 2.83. The Bertz CT molecular complexity index is 638. The van der Waals surface area contributed by atoms with E-state index in [1.54, 1.807) is 6.07 Å². The molecule has 1 aliphatic carbocycles. The van der Waals surface area contributed by atoms with Crippen molar-refractivity contribution in [2.45, 2.75) is 29.5 Å². The fraction of sp³-hybridized carbons (Fsp3) is 0.500. The molecule has 110 valence electrons. The molecule has 0 bridgehead atoms. The maximum Gasteiger partial charge on any atom is 0.242 e. The minimum absolute atomic E-state index is 0.0125. The van der Waals surface area contributed by atoms with Crippen LogP contribution in [0.15, 0.2) is 23.1 Å². The number of ether oxygens (including phenoxy) is 1. The molecule has 3 rings (SSSR count). The third kappa shape index (κ3) is 2.24. The second-order valence-electron chi connectivity index (χ2n) is 5.06. The first-order valence-electron chi connectivity index (χ1n) is 6.25. The Hall–Kier alpha value is -0.370. The zero-order valence-electron chi connectivity index (χ0n) is 10.4. The number of hydrogen-bond acceptors (Lipinski definition) is 4. The lowest BCUT2D eigenvalue weighted by molar-refractivity contribution is -0.00923. The highest BCUT2D eigenvalue weighted by atomic mass is 35.5.